The van der Waals surface area contributed by atoms with Crippen molar-refractivity contribution in [3.05, 3.63) is 65.7 Å². The van der Waals surface area contributed by atoms with Crippen LogP contribution in [0.1, 0.15) is 15.9 Å². The summed E-state index contributed by atoms with van der Waals surface area (Å²) in [4.78, 5) is 11.7. The maximum atomic E-state index is 11.7. The number of hydrogen-bond donors (Lipinski definition) is 0. The number of hydrogen-bond acceptors (Lipinski definition) is 2. The van der Waals surface area contributed by atoms with Crippen molar-refractivity contribution in [1.29, 1.82) is 0 Å². The van der Waals surface area contributed by atoms with Gasteiger partial charge in [0, 0.05) is 5.56 Å². The predicted octanol–water partition coefficient (Wildman–Crippen LogP) is 4.82. The first kappa shape index (κ1) is 15.2. The summed E-state index contributed by atoms with van der Waals surface area (Å²) in [6.07, 6.45) is 0. The lowest BCUT2D eigenvalue weighted by Crippen LogP contribution is -2.18. The lowest BCUT2D eigenvalue weighted by Gasteiger charge is -2.10. The molecule has 2 rings (SSSR count). The van der Waals surface area contributed by atoms with E-state index in [1.54, 1.807) is 24.3 Å². The van der Waals surface area contributed by atoms with E-state index < -0.39 is 9.58 Å². The van der Waals surface area contributed by atoms with Gasteiger partial charge in [-0.1, -0.05) is 65.1 Å². The molecule has 0 aliphatic carbocycles. The molecule has 2 nitrogen and oxygen atoms in total. The molecule has 0 N–H and O–H groups in total. The van der Waals surface area contributed by atoms with Crippen molar-refractivity contribution in [2.45, 2.75) is 10.4 Å². The number of ketones is 1. The largest absolute Gasteiger partial charge is 0.489 e. The molecule has 2 aromatic carbocycles. The van der Waals surface area contributed by atoms with E-state index in [4.69, 9.17) is 39.5 Å². The third-order valence-electron chi connectivity index (χ3n) is 2.62. The monoisotopic (exact) mass is 328 g/mol. The predicted molar refractivity (Wildman–Crippen MR) is 81.8 cm³/mol. The molecule has 104 valence electrons. The average Bonchev–Trinajstić information content (AvgIpc) is 2.45. The number of alkyl halides is 3. The summed E-state index contributed by atoms with van der Waals surface area (Å²) >= 11 is 16.6. The summed E-state index contributed by atoms with van der Waals surface area (Å²) in [5.41, 5.74) is 1.39. The first-order valence-corrected chi connectivity index (χ1v) is 6.98. The molecule has 0 radical (unpaired) electrons. The SMILES string of the molecule is O=C(c1ccc(OCc2ccccc2)cc1)C(Cl)(Cl)Cl. The minimum absolute atomic E-state index is 0.331. The smallest absolute Gasteiger partial charge is 0.253 e. The Morgan fingerprint density at radius 1 is 0.950 bits per heavy atom. The van der Waals surface area contributed by atoms with Gasteiger partial charge in [-0.2, -0.15) is 0 Å². The lowest BCUT2D eigenvalue weighted by molar-refractivity contribution is 0.0996. The standard InChI is InChI=1S/C15H11Cl3O2/c16-15(17,18)14(19)12-6-8-13(9-7-12)20-10-11-4-2-1-3-5-11/h1-9H,10H2. The molecule has 0 fully saturated rings. The maximum Gasteiger partial charge on any atom is 0.253 e. The Kier molecular flexibility index (Phi) is 4.92. The molecule has 0 saturated heterocycles. The van der Waals surface area contributed by atoms with Gasteiger partial charge in [-0.3, -0.25) is 4.79 Å². The topological polar surface area (TPSA) is 26.3 Å². The Morgan fingerprint density at radius 3 is 2.10 bits per heavy atom. The lowest BCUT2D eigenvalue weighted by atomic mass is 10.1. The fourth-order valence-electron chi connectivity index (χ4n) is 1.61. The average molecular weight is 330 g/mol. The molecule has 0 bridgehead atoms. The van der Waals surface area contributed by atoms with Crippen molar-refractivity contribution in [3.63, 3.8) is 0 Å². The van der Waals surface area contributed by atoms with Crippen molar-refractivity contribution >= 4 is 40.6 Å². The molecule has 5 heteroatoms. The van der Waals surface area contributed by atoms with E-state index in [0.717, 1.165) is 5.56 Å². The van der Waals surface area contributed by atoms with Gasteiger partial charge in [0.25, 0.3) is 3.79 Å². The van der Waals surface area contributed by atoms with E-state index >= 15 is 0 Å². The molecule has 0 heterocycles. The Hall–Kier alpha value is -1.22. The van der Waals surface area contributed by atoms with E-state index in [9.17, 15) is 4.79 Å². The van der Waals surface area contributed by atoms with Crippen LogP contribution in [0.15, 0.2) is 54.6 Å². The first-order chi connectivity index (χ1) is 9.47. The second-order valence-electron chi connectivity index (χ2n) is 4.13. The molecule has 0 aliphatic rings. The molecule has 0 unspecified atom stereocenters. The van der Waals surface area contributed by atoms with Crippen LogP contribution in [-0.4, -0.2) is 9.58 Å². The van der Waals surface area contributed by atoms with Crippen LogP contribution in [0.5, 0.6) is 5.75 Å². The third kappa shape index (κ3) is 4.14. The van der Waals surface area contributed by atoms with Crippen molar-refractivity contribution in [2.75, 3.05) is 0 Å². The van der Waals surface area contributed by atoms with Gasteiger partial charge in [0.2, 0.25) is 5.78 Å². The Morgan fingerprint density at radius 2 is 1.55 bits per heavy atom. The number of ether oxygens (including phenoxy) is 1. The first-order valence-electron chi connectivity index (χ1n) is 5.85. The number of Topliss-reactive ketones (excluding diaryl/α,β-unsaturated/α-hetero) is 1. The van der Waals surface area contributed by atoms with Crippen LogP contribution >= 0.6 is 34.8 Å². The van der Waals surface area contributed by atoms with Gasteiger partial charge in [-0.25, -0.2) is 0 Å². The van der Waals surface area contributed by atoms with E-state index in [-0.39, 0.29) is 0 Å². The highest BCUT2D eigenvalue weighted by atomic mass is 35.6. The molecule has 0 atom stereocenters. The van der Waals surface area contributed by atoms with Crippen LogP contribution in [0.2, 0.25) is 0 Å². The van der Waals surface area contributed by atoms with Crippen LogP contribution in [0, 0.1) is 0 Å². The molecular formula is C15H11Cl3O2. The van der Waals surface area contributed by atoms with Gasteiger partial charge >= 0.3 is 0 Å². The Labute approximate surface area is 132 Å². The van der Waals surface area contributed by atoms with Crippen LogP contribution in [0.25, 0.3) is 0 Å². The molecule has 0 aromatic heterocycles. The van der Waals surface area contributed by atoms with E-state index in [0.29, 0.717) is 17.9 Å². The molecule has 0 amide bonds. The van der Waals surface area contributed by atoms with Gasteiger partial charge in [0.05, 0.1) is 0 Å². The minimum Gasteiger partial charge on any atom is -0.489 e. The van der Waals surface area contributed by atoms with Crippen molar-refractivity contribution in [1.82, 2.24) is 0 Å². The summed E-state index contributed by atoms with van der Waals surface area (Å²) < 4.78 is 3.66. The minimum atomic E-state index is -1.94. The summed E-state index contributed by atoms with van der Waals surface area (Å²) in [7, 11) is 0. The molecule has 0 spiro atoms. The number of carbonyl (C=O) groups is 1. The van der Waals surface area contributed by atoms with Crippen LogP contribution in [0.4, 0.5) is 0 Å². The number of benzene rings is 2. The van der Waals surface area contributed by atoms with Crippen molar-refractivity contribution in [3.8, 4) is 5.75 Å². The number of carbonyl (C=O) groups excluding carboxylic acids is 1. The summed E-state index contributed by atoms with van der Waals surface area (Å²) in [5.74, 6) is 0.0897. The highest BCUT2D eigenvalue weighted by Crippen LogP contribution is 2.30. The van der Waals surface area contributed by atoms with Gasteiger partial charge < -0.3 is 4.74 Å². The van der Waals surface area contributed by atoms with Gasteiger partial charge in [-0.05, 0) is 29.8 Å². The maximum absolute atomic E-state index is 11.7. The quantitative estimate of drug-likeness (QED) is 0.594. The normalized spacial score (nSPS) is 11.2. The molecule has 20 heavy (non-hydrogen) atoms. The van der Waals surface area contributed by atoms with Gasteiger partial charge in [0.1, 0.15) is 12.4 Å². The van der Waals surface area contributed by atoms with Crippen LogP contribution in [0.3, 0.4) is 0 Å². The fraction of sp³-hybridized carbons (Fsp3) is 0.133. The molecular weight excluding hydrogens is 319 g/mol. The number of halogens is 3. The highest BCUT2D eigenvalue weighted by Gasteiger charge is 2.31. The van der Waals surface area contributed by atoms with Gasteiger partial charge in [-0.15, -0.1) is 0 Å². The van der Waals surface area contributed by atoms with Crippen molar-refractivity contribution < 1.29 is 9.53 Å². The highest BCUT2D eigenvalue weighted by molar-refractivity contribution is 6.77. The molecule has 0 aliphatic heterocycles. The summed E-state index contributed by atoms with van der Waals surface area (Å²) in [6.45, 7) is 0.457. The van der Waals surface area contributed by atoms with Crippen LogP contribution in [-0.2, 0) is 6.61 Å². The summed E-state index contributed by atoms with van der Waals surface area (Å²) in [6, 6.07) is 16.3. The second-order valence-corrected chi connectivity index (χ2v) is 6.41. The third-order valence-corrected chi connectivity index (χ3v) is 3.14. The Bertz CT molecular complexity index is 574. The van der Waals surface area contributed by atoms with Gasteiger partial charge in [0.15, 0.2) is 0 Å². The van der Waals surface area contributed by atoms with Crippen LogP contribution < -0.4 is 4.74 Å². The molecule has 0 saturated carbocycles. The van der Waals surface area contributed by atoms with E-state index in [2.05, 4.69) is 0 Å². The fourth-order valence-corrected chi connectivity index (χ4v) is 1.93. The zero-order chi connectivity index (χ0) is 14.6. The summed E-state index contributed by atoms with van der Waals surface area (Å²) in [5, 5.41) is 0. The molecule has 2 aromatic rings. The van der Waals surface area contributed by atoms with Crippen molar-refractivity contribution in [2.24, 2.45) is 0 Å². The van der Waals surface area contributed by atoms with E-state index in [1.807, 2.05) is 30.3 Å². The Balaban J connectivity index is 2.00. The zero-order valence-corrected chi connectivity index (χ0v) is 12.6. The van der Waals surface area contributed by atoms with E-state index in [1.165, 1.54) is 0 Å². The second kappa shape index (κ2) is 6.49. The zero-order valence-electron chi connectivity index (χ0n) is 10.4. The number of rotatable bonds is 4.